The lowest BCUT2D eigenvalue weighted by atomic mass is 10.2. The molecule has 0 saturated carbocycles. The Labute approximate surface area is 130 Å². The van der Waals surface area contributed by atoms with E-state index in [0.717, 1.165) is 22.8 Å². The molecule has 2 heterocycles. The van der Waals surface area contributed by atoms with Crippen molar-refractivity contribution in [2.75, 3.05) is 5.32 Å². The Morgan fingerprint density at radius 1 is 1.29 bits per heavy atom. The number of alkyl halides is 3. The molecule has 0 atom stereocenters. The molecule has 0 fully saturated rings. The van der Waals surface area contributed by atoms with Crippen molar-refractivity contribution >= 4 is 37.9 Å². The van der Waals surface area contributed by atoms with Gasteiger partial charge in [0.25, 0.3) is 0 Å². The molecule has 0 amide bonds. The van der Waals surface area contributed by atoms with Gasteiger partial charge in [0.2, 0.25) is 0 Å². The lowest BCUT2D eigenvalue weighted by Crippen LogP contribution is -2.07. The second-order valence-electron chi connectivity index (χ2n) is 4.40. The van der Waals surface area contributed by atoms with Crippen molar-refractivity contribution in [2.45, 2.75) is 12.7 Å². The molecule has 0 unspecified atom stereocenters. The molecule has 1 N–H and O–H groups in total. The van der Waals surface area contributed by atoms with Gasteiger partial charge in [-0.3, -0.25) is 4.40 Å². The third kappa shape index (κ3) is 3.21. The number of imidazole rings is 1. The van der Waals surface area contributed by atoms with E-state index in [1.54, 1.807) is 6.07 Å². The van der Waals surface area contributed by atoms with Gasteiger partial charge >= 0.3 is 6.18 Å². The van der Waals surface area contributed by atoms with Gasteiger partial charge in [-0.25, -0.2) is 4.98 Å². The SMILES string of the molecule is FC(F)(F)c1cc(Br)cc(NCc2cn3ccsc3n2)c1. The molecule has 0 spiro atoms. The normalized spacial score (nSPS) is 12.0. The van der Waals surface area contributed by atoms with E-state index in [4.69, 9.17) is 0 Å². The fourth-order valence-corrected chi connectivity index (χ4v) is 3.12. The summed E-state index contributed by atoms with van der Waals surface area (Å²) in [6, 6.07) is 3.74. The largest absolute Gasteiger partial charge is 0.416 e. The summed E-state index contributed by atoms with van der Waals surface area (Å²) in [7, 11) is 0. The molecule has 2 aromatic heterocycles. The number of fused-ring (bicyclic) bond motifs is 1. The number of hydrogen-bond acceptors (Lipinski definition) is 3. The molecule has 0 saturated heterocycles. The van der Waals surface area contributed by atoms with Gasteiger partial charge in [-0.15, -0.1) is 11.3 Å². The van der Waals surface area contributed by atoms with Crippen LogP contribution in [0.1, 0.15) is 11.3 Å². The van der Waals surface area contributed by atoms with Crippen molar-refractivity contribution in [3.05, 3.63) is 51.7 Å². The maximum absolute atomic E-state index is 12.7. The van der Waals surface area contributed by atoms with E-state index in [1.165, 1.54) is 11.3 Å². The first kappa shape index (κ1) is 14.4. The average Bonchev–Trinajstić information content (AvgIpc) is 2.95. The summed E-state index contributed by atoms with van der Waals surface area (Å²) in [6.07, 6.45) is -0.629. The number of anilines is 1. The molecule has 1 aromatic carbocycles. The molecule has 0 radical (unpaired) electrons. The number of thiazole rings is 1. The summed E-state index contributed by atoms with van der Waals surface area (Å²) in [5, 5.41) is 4.88. The lowest BCUT2D eigenvalue weighted by Gasteiger charge is -2.11. The zero-order valence-electron chi connectivity index (χ0n) is 10.5. The zero-order chi connectivity index (χ0) is 15.0. The van der Waals surface area contributed by atoms with E-state index in [9.17, 15) is 13.2 Å². The minimum absolute atomic E-state index is 0.363. The van der Waals surface area contributed by atoms with Gasteiger partial charge in [0.1, 0.15) is 0 Å². The third-order valence-corrected chi connectivity index (χ3v) is 4.07. The average molecular weight is 376 g/mol. The van der Waals surface area contributed by atoms with E-state index in [0.29, 0.717) is 16.7 Å². The highest BCUT2D eigenvalue weighted by atomic mass is 79.9. The van der Waals surface area contributed by atoms with Crippen LogP contribution >= 0.6 is 27.3 Å². The van der Waals surface area contributed by atoms with Gasteiger partial charge in [0.15, 0.2) is 4.96 Å². The summed E-state index contributed by atoms with van der Waals surface area (Å²) < 4.78 is 40.5. The Morgan fingerprint density at radius 2 is 2.10 bits per heavy atom. The van der Waals surface area contributed by atoms with Crippen molar-refractivity contribution in [3.63, 3.8) is 0 Å². The highest BCUT2D eigenvalue weighted by Gasteiger charge is 2.31. The van der Waals surface area contributed by atoms with Gasteiger partial charge in [-0.1, -0.05) is 15.9 Å². The lowest BCUT2D eigenvalue weighted by molar-refractivity contribution is -0.137. The predicted octanol–water partition coefficient (Wildman–Crippen LogP) is 4.79. The van der Waals surface area contributed by atoms with Crippen LogP contribution in [-0.4, -0.2) is 9.38 Å². The first-order valence-corrected chi connectivity index (χ1v) is 7.62. The molecular formula is C13H9BrF3N3S. The first-order valence-electron chi connectivity index (χ1n) is 5.94. The Hall–Kier alpha value is -1.54. The van der Waals surface area contributed by atoms with E-state index >= 15 is 0 Å². The molecule has 3 aromatic rings. The Morgan fingerprint density at radius 3 is 2.81 bits per heavy atom. The van der Waals surface area contributed by atoms with Crippen LogP contribution in [0.15, 0.2) is 40.4 Å². The molecule has 8 heteroatoms. The quantitative estimate of drug-likeness (QED) is 0.712. The van der Waals surface area contributed by atoms with Crippen LogP contribution in [-0.2, 0) is 12.7 Å². The van der Waals surface area contributed by atoms with Crippen LogP contribution in [0.25, 0.3) is 4.96 Å². The summed E-state index contributed by atoms with van der Waals surface area (Å²) >= 11 is 4.60. The highest BCUT2D eigenvalue weighted by molar-refractivity contribution is 9.10. The number of nitrogens with one attached hydrogen (secondary N) is 1. The smallest absolute Gasteiger partial charge is 0.379 e. The van der Waals surface area contributed by atoms with Gasteiger partial charge in [0.05, 0.1) is 17.8 Å². The Balaban J connectivity index is 1.78. The maximum atomic E-state index is 12.7. The Kier molecular flexibility index (Phi) is 3.66. The molecule has 110 valence electrons. The van der Waals surface area contributed by atoms with Crippen molar-refractivity contribution in [2.24, 2.45) is 0 Å². The second-order valence-corrected chi connectivity index (χ2v) is 6.19. The van der Waals surface area contributed by atoms with Gasteiger partial charge in [-0.05, 0) is 18.2 Å². The van der Waals surface area contributed by atoms with E-state index in [2.05, 4.69) is 26.2 Å². The minimum Gasteiger partial charge on any atom is -0.379 e. The molecule has 0 aliphatic carbocycles. The first-order chi connectivity index (χ1) is 9.91. The zero-order valence-corrected chi connectivity index (χ0v) is 12.9. The fourth-order valence-electron chi connectivity index (χ4n) is 1.91. The van der Waals surface area contributed by atoms with E-state index in [-0.39, 0.29) is 0 Å². The number of aromatic nitrogens is 2. The molecule has 0 aliphatic rings. The monoisotopic (exact) mass is 375 g/mol. The standard InChI is InChI=1S/C13H9BrF3N3S/c14-9-3-8(13(15,16)17)4-10(5-9)18-6-11-7-20-1-2-21-12(20)19-11/h1-5,7,18H,6H2. The number of hydrogen-bond donors (Lipinski definition) is 1. The summed E-state index contributed by atoms with van der Waals surface area (Å²) in [5.41, 5.74) is 0.480. The summed E-state index contributed by atoms with van der Waals surface area (Å²) in [4.78, 5) is 5.22. The molecule has 3 nitrogen and oxygen atoms in total. The molecule has 0 aliphatic heterocycles. The predicted molar refractivity (Wildman–Crippen MR) is 79.5 cm³/mol. The maximum Gasteiger partial charge on any atom is 0.416 e. The number of halogens is 4. The van der Waals surface area contributed by atoms with Crippen LogP contribution in [0.3, 0.4) is 0 Å². The topological polar surface area (TPSA) is 29.3 Å². The third-order valence-electron chi connectivity index (χ3n) is 2.84. The van der Waals surface area contributed by atoms with Gasteiger partial charge in [-0.2, -0.15) is 13.2 Å². The van der Waals surface area contributed by atoms with Crippen molar-refractivity contribution in [3.8, 4) is 0 Å². The van der Waals surface area contributed by atoms with Crippen LogP contribution in [0.2, 0.25) is 0 Å². The summed E-state index contributed by atoms with van der Waals surface area (Å²) in [5.74, 6) is 0. The molecular weight excluding hydrogens is 367 g/mol. The molecule has 3 rings (SSSR count). The van der Waals surface area contributed by atoms with Crippen LogP contribution in [0, 0.1) is 0 Å². The van der Waals surface area contributed by atoms with Gasteiger partial charge in [0, 0.05) is 27.9 Å². The fraction of sp³-hybridized carbons (Fsp3) is 0.154. The van der Waals surface area contributed by atoms with Crippen molar-refractivity contribution in [1.29, 1.82) is 0 Å². The highest BCUT2D eigenvalue weighted by Crippen LogP contribution is 2.33. The van der Waals surface area contributed by atoms with Crippen LogP contribution in [0.4, 0.5) is 18.9 Å². The van der Waals surface area contributed by atoms with Crippen molar-refractivity contribution < 1.29 is 13.2 Å². The molecule has 21 heavy (non-hydrogen) atoms. The van der Waals surface area contributed by atoms with E-state index in [1.807, 2.05) is 22.2 Å². The van der Waals surface area contributed by atoms with Crippen LogP contribution in [0.5, 0.6) is 0 Å². The van der Waals surface area contributed by atoms with Crippen LogP contribution < -0.4 is 5.32 Å². The Bertz CT molecular complexity index is 750. The molecule has 0 bridgehead atoms. The number of nitrogens with zero attached hydrogens (tertiary/aromatic N) is 2. The summed E-state index contributed by atoms with van der Waals surface area (Å²) in [6.45, 7) is 0.363. The number of rotatable bonds is 3. The second kappa shape index (κ2) is 5.34. The number of benzene rings is 1. The van der Waals surface area contributed by atoms with Gasteiger partial charge < -0.3 is 5.32 Å². The minimum atomic E-state index is -4.36. The van der Waals surface area contributed by atoms with E-state index < -0.39 is 11.7 Å². The van der Waals surface area contributed by atoms with Crippen molar-refractivity contribution in [1.82, 2.24) is 9.38 Å².